The molecule has 0 aromatic carbocycles. The number of fused-ring (bicyclic) bond motifs is 1. The van der Waals surface area contributed by atoms with Crippen LogP contribution in [0.25, 0.3) is 0 Å². The SMILES string of the molecule is CCSC1=CCc2oncc2C1=O. The van der Waals surface area contributed by atoms with Gasteiger partial charge in [0.25, 0.3) is 0 Å². The molecule has 3 nitrogen and oxygen atoms in total. The predicted molar refractivity (Wildman–Crippen MR) is 50.8 cm³/mol. The van der Waals surface area contributed by atoms with Gasteiger partial charge in [0.1, 0.15) is 0 Å². The number of hydrogen-bond donors (Lipinski definition) is 0. The molecule has 68 valence electrons. The predicted octanol–water partition coefficient (Wildman–Crippen LogP) is 2.05. The molecule has 0 amide bonds. The lowest BCUT2D eigenvalue weighted by molar-refractivity contribution is 0.103. The van der Waals surface area contributed by atoms with Crippen LogP contribution in [0.15, 0.2) is 21.7 Å². The van der Waals surface area contributed by atoms with E-state index in [1.54, 1.807) is 11.8 Å². The summed E-state index contributed by atoms with van der Waals surface area (Å²) < 4.78 is 4.93. The van der Waals surface area contributed by atoms with Crippen LogP contribution in [0.1, 0.15) is 23.0 Å². The van der Waals surface area contributed by atoms with Gasteiger partial charge in [-0.2, -0.15) is 0 Å². The fourth-order valence-corrected chi connectivity index (χ4v) is 2.04. The Morgan fingerprint density at radius 1 is 1.69 bits per heavy atom. The van der Waals surface area contributed by atoms with Crippen LogP contribution in [0.4, 0.5) is 0 Å². The molecular formula is C9H9NO2S. The fourth-order valence-electron chi connectivity index (χ4n) is 1.29. The molecule has 2 rings (SSSR count). The molecule has 4 heteroatoms. The second-order valence-electron chi connectivity index (χ2n) is 2.70. The summed E-state index contributed by atoms with van der Waals surface area (Å²) in [4.78, 5) is 12.5. The second-order valence-corrected chi connectivity index (χ2v) is 4.00. The Hall–Kier alpha value is -1.03. The van der Waals surface area contributed by atoms with E-state index in [-0.39, 0.29) is 5.78 Å². The van der Waals surface area contributed by atoms with Gasteiger partial charge in [-0.05, 0) is 5.75 Å². The lowest BCUT2D eigenvalue weighted by Crippen LogP contribution is -2.07. The van der Waals surface area contributed by atoms with Crippen molar-refractivity contribution in [2.75, 3.05) is 5.75 Å². The monoisotopic (exact) mass is 195 g/mol. The van der Waals surface area contributed by atoms with Gasteiger partial charge in [0.05, 0.1) is 16.7 Å². The topological polar surface area (TPSA) is 43.1 Å². The quantitative estimate of drug-likeness (QED) is 0.724. The van der Waals surface area contributed by atoms with Crippen LogP contribution in [-0.2, 0) is 6.42 Å². The number of hydrogen-bond acceptors (Lipinski definition) is 4. The van der Waals surface area contributed by atoms with Crippen molar-refractivity contribution >= 4 is 17.5 Å². The highest BCUT2D eigenvalue weighted by atomic mass is 32.2. The van der Waals surface area contributed by atoms with E-state index in [2.05, 4.69) is 5.16 Å². The van der Waals surface area contributed by atoms with Crippen molar-refractivity contribution in [1.29, 1.82) is 0 Å². The van der Waals surface area contributed by atoms with Crippen molar-refractivity contribution in [1.82, 2.24) is 5.16 Å². The first-order valence-corrected chi connectivity index (χ1v) is 5.12. The van der Waals surface area contributed by atoms with Crippen LogP contribution < -0.4 is 0 Å². The Kier molecular flexibility index (Phi) is 2.22. The molecule has 0 atom stereocenters. The smallest absolute Gasteiger partial charge is 0.204 e. The van der Waals surface area contributed by atoms with Crippen LogP contribution in [0.3, 0.4) is 0 Å². The van der Waals surface area contributed by atoms with Crippen molar-refractivity contribution in [2.24, 2.45) is 0 Å². The van der Waals surface area contributed by atoms with Crippen LogP contribution in [0.5, 0.6) is 0 Å². The Morgan fingerprint density at radius 2 is 2.54 bits per heavy atom. The number of carbonyl (C=O) groups excluding carboxylic acids is 1. The highest BCUT2D eigenvalue weighted by Crippen LogP contribution is 2.27. The van der Waals surface area contributed by atoms with Gasteiger partial charge in [-0.3, -0.25) is 4.79 Å². The zero-order chi connectivity index (χ0) is 9.26. The van der Waals surface area contributed by atoms with Crippen molar-refractivity contribution < 1.29 is 9.32 Å². The number of thioether (sulfide) groups is 1. The first-order chi connectivity index (χ1) is 6.33. The van der Waals surface area contributed by atoms with E-state index < -0.39 is 0 Å². The van der Waals surface area contributed by atoms with Crippen molar-refractivity contribution in [3.63, 3.8) is 0 Å². The lowest BCUT2D eigenvalue weighted by Gasteiger charge is -2.08. The summed E-state index contributed by atoms with van der Waals surface area (Å²) in [5.74, 6) is 1.65. The Labute approximate surface area is 80.2 Å². The molecule has 0 aliphatic heterocycles. The maximum Gasteiger partial charge on any atom is 0.204 e. The fraction of sp³-hybridized carbons (Fsp3) is 0.333. The van der Waals surface area contributed by atoms with Gasteiger partial charge >= 0.3 is 0 Å². The van der Waals surface area contributed by atoms with Gasteiger partial charge in [0, 0.05) is 6.42 Å². The Morgan fingerprint density at radius 3 is 3.31 bits per heavy atom. The third-order valence-corrected chi connectivity index (χ3v) is 2.84. The summed E-state index contributed by atoms with van der Waals surface area (Å²) >= 11 is 1.57. The minimum Gasteiger partial charge on any atom is -0.360 e. The zero-order valence-electron chi connectivity index (χ0n) is 7.24. The van der Waals surface area contributed by atoms with Crippen LogP contribution in [-0.4, -0.2) is 16.7 Å². The minimum absolute atomic E-state index is 0.0503. The van der Waals surface area contributed by atoms with Crippen LogP contribution in [0.2, 0.25) is 0 Å². The largest absolute Gasteiger partial charge is 0.360 e. The highest BCUT2D eigenvalue weighted by Gasteiger charge is 2.23. The third kappa shape index (κ3) is 1.42. The molecule has 1 heterocycles. The average molecular weight is 195 g/mol. The average Bonchev–Trinajstić information content (AvgIpc) is 2.58. The van der Waals surface area contributed by atoms with Gasteiger partial charge in [0.15, 0.2) is 5.76 Å². The summed E-state index contributed by atoms with van der Waals surface area (Å²) in [7, 11) is 0. The molecule has 0 N–H and O–H groups in total. The summed E-state index contributed by atoms with van der Waals surface area (Å²) in [5.41, 5.74) is 0.624. The molecule has 0 bridgehead atoms. The maximum absolute atomic E-state index is 11.7. The van der Waals surface area contributed by atoms with Crippen LogP contribution in [0, 0.1) is 0 Å². The number of ketones is 1. The molecule has 0 unspecified atom stereocenters. The zero-order valence-corrected chi connectivity index (χ0v) is 8.06. The minimum atomic E-state index is 0.0503. The molecule has 1 aromatic rings. The molecule has 13 heavy (non-hydrogen) atoms. The van der Waals surface area contributed by atoms with Crippen molar-refractivity contribution in [2.45, 2.75) is 13.3 Å². The van der Waals surface area contributed by atoms with E-state index in [1.165, 1.54) is 6.20 Å². The summed E-state index contributed by atoms with van der Waals surface area (Å²) in [5, 5.41) is 3.61. The molecule has 1 aromatic heterocycles. The molecule has 1 aliphatic rings. The summed E-state index contributed by atoms with van der Waals surface area (Å²) in [6.45, 7) is 2.03. The third-order valence-electron chi connectivity index (χ3n) is 1.89. The Bertz CT molecular complexity index is 367. The normalized spacial score (nSPS) is 15.5. The van der Waals surface area contributed by atoms with Crippen molar-refractivity contribution in [3.8, 4) is 0 Å². The van der Waals surface area contributed by atoms with Gasteiger partial charge in [-0.25, -0.2) is 0 Å². The van der Waals surface area contributed by atoms with Gasteiger partial charge < -0.3 is 4.52 Å². The number of rotatable bonds is 2. The van der Waals surface area contributed by atoms with E-state index in [4.69, 9.17) is 4.52 Å². The number of Topliss-reactive ketones (excluding diaryl/α,β-unsaturated/α-hetero) is 1. The highest BCUT2D eigenvalue weighted by molar-refractivity contribution is 8.04. The molecule has 0 fully saturated rings. The van der Waals surface area contributed by atoms with E-state index in [0.29, 0.717) is 17.7 Å². The first-order valence-electron chi connectivity index (χ1n) is 4.14. The van der Waals surface area contributed by atoms with E-state index in [0.717, 1.165) is 10.7 Å². The van der Waals surface area contributed by atoms with E-state index in [9.17, 15) is 4.79 Å². The summed E-state index contributed by atoms with van der Waals surface area (Å²) in [6.07, 6.45) is 4.09. The lowest BCUT2D eigenvalue weighted by atomic mass is 10.0. The summed E-state index contributed by atoms with van der Waals surface area (Å²) in [6, 6.07) is 0. The van der Waals surface area contributed by atoms with Gasteiger partial charge in [-0.1, -0.05) is 18.2 Å². The number of carbonyl (C=O) groups is 1. The van der Waals surface area contributed by atoms with E-state index in [1.807, 2.05) is 13.0 Å². The maximum atomic E-state index is 11.7. The molecule has 0 saturated heterocycles. The Balaban J connectivity index is 2.30. The first kappa shape index (κ1) is 8.56. The molecule has 1 aliphatic carbocycles. The number of allylic oxidation sites excluding steroid dienone is 2. The molecule has 0 saturated carbocycles. The molecule has 0 radical (unpaired) electrons. The van der Waals surface area contributed by atoms with Gasteiger partial charge in [0.2, 0.25) is 5.78 Å². The van der Waals surface area contributed by atoms with Gasteiger partial charge in [-0.15, -0.1) is 11.8 Å². The van der Waals surface area contributed by atoms with E-state index >= 15 is 0 Å². The molecule has 0 spiro atoms. The van der Waals surface area contributed by atoms with Crippen molar-refractivity contribution in [3.05, 3.63) is 28.5 Å². The number of nitrogens with zero attached hydrogens (tertiary/aromatic N) is 1. The number of aromatic nitrogens is 1. The second kappa shape index (κ2) is 3.38. The molecular weight excluding hydrogens is 186 g/mol. The van der Waals surface area contributed by atoms with Crippen LogP contribution >= 0.6 is 11.8 Å². The standard InChI is InChI=1S/C9H9NO2S/c1-2-13-8-4-3-7-6(9(8)11)5-10-12-7/h4-5H,2-3H2,1H3.